The molecule has 24 heavy (non-hydrogen) atoms. The molecule has 1 aromatic carbocycles. The third-order valence-corrected chi connectivity index (χ3v) is 4.48. The third kappa shape index (κ3) is 3.33. The number of aromatic nitrogens is 2. The molecule has 0 aliphatic carbocycles. The average Bonchev–Trinajstić information content (AvgIpc) is 2.70. The Morgan fingerprint density at radius 1 is 1.08 bits per heavy atom. The van der Waals surface area contributed by atoms with Gasteiger partial charge in [-0.1, -0.05) is 18.2 Å². The number of alkyl halides is 6. The van der Waals surface area contributed by atoms with E-state index in [1.165, 1.54) is 30.8 Å². The molecule has 0 radical (unpaired) electrons. The lowest BCUT2D eigenvalue weighted by Crippen LogP contribution is -2.39. The molecular weight excluding hydrogens is 358 g/mol. The van der Waals surface area contributed by atoms with E-state index in [9.17, 15) is 31.1 Å². The van der Waals surface area contributed by atoms with E-state index in [-0.39, 0.29) is 5.69 Å². The van der Waals surface area contributed by atoms with Crippen molar-refractivity contribution < 1.29 is 26.3 Å². The second-order valence-corrected chi connectivity index (χ2v) is 6.12. The van der Waals surface area contributed by atoms with Crippen molar-refractivity contribution in [2.75, 3.05) is 0 Å². The number of nitrogens with zero attached hydrogens (tertiary/aromatic N) is 2. The molecule has 0 bridgehead atoms. The van der Waals surface area contributed by atoms with Gasteiger partial charge in [-0.3, -0.25) is 9.48 Å². The van der Waals surface area contributed by atoms with Crippen LogP contribution in [0.25, 0.3) is 5.69 Å². The molecule has 0 saturated heterocycles. The minimum Gasteiger partial charge on any atom is -0.284 e. The number of para-hydroxylation sites is 1. The maximum atomic E-state index is 13.6. The second kappa shape index (κ2) is 6.23. The zero-order valence-corrected chi connectivity index (χ0v) is 13.3. The topological polar surface area (TPSA) is 26.9 Å². The SMILES string of the molecule is Cc1c(SC(F)(F)[C@@H](F)C(F)(F)F)c(=O)n(-c2ccccc2)n1C. The molecule has 0 unspecified atom stereocenters. The summed E-state index contributed by atoms with van der Waals surface area (Å²) in [6.45, 7) is 1.29. The van der Waals surface area contributed by atoms with Crippen LogP contribution >= 0.6 is 11.8 Å². The van der Waals surface area contributed by atoms with Gasteiger partial charge in [0.2, 0.25) is 0 Å². The molecule has 2 rings (SSSR count). The van der Waals surface area contributed by atoms with Gasteiger partial charge in [0.05, 0.1) is 11.4 Å². The molecule has 3 nitrogen and oxygen atoms in total. The fraction of sp³-hybridized carbons (Fsp3) is 0.357. The van der Waals surface area contributed by atoms with E-state index in [0.717, 1.165) is 4.68 Å². The standard InChI is InChI=1S/C14H12F6N2OS/c1-8-10(24-14(19,20)12(15)13(16,17)18)11(23)22(21(8)2)9-6-4-3-5-7-9/h3-7,12H,1-2H3/t12-/m0/s1. The molecule has 10 heteroatoms. The normalized spacial score (nSPS) is 14.0. The van der Waals surface area contributed by atoms with Crippen molar-refractivity contribution in [1.82, 2.24) is 9.36 Å². The molecule has 0 amide bonds. The predicted molar refractivity (Wildman–Crippen MR) is 77.5 cm³/mol. The van der Waals surface area contributed by atoms with Crippen LogP contribution in [0.3, 0.4) is 0 Å². The largest absolute Gasteiger partial charge is 0.426 e. The number of hydrogen-bond acceptors (Lipinski definition) is 2. The van der Waals surface area contributed by atoms with Gasteiger partial charge in [0.1, 0.15) is 4.90 Å². The summed E-state index contributed by atoms with van der Waals surface area (Å²) in [5.74, 6) is 0. The van der Waals surface area contributed by atoms with Gasteiger partial charge in [0.15, 0.2) is 0 Å². The van der Waals surface area contributed by atoms with Crippen LogP contribution in [0.4, 0.5) is 26.3 Å². The molecule has 0 spiro atoms. The van der Waals surface area contributed by atoms with Gasteiger partial charge < -0.3 is 0 Å². The first-order valence-electron chi connectivity index (χ1n) is 6.58. The predicted octanol–water partition coefficient (Wildman–Crippen LogP) is 4.07. The molecule has 0 aliphatic rings. The summed E-state index contributed by atoms with van der Waals surface area (Å²) in [6.07, 6.45) is -10.1. The molecule has 0 N–H and O–H groups in total. The molecule has 0 fully saturated rings. The fourth-order valence-electron chi connectivity index (χ4n) is 2.04. The Bertz CT molecular complexity index is 781. The zero-order valence-electron chi connectivity index (χ0n) is 12.4. The monoisotopic (exact) mass is 370 g/mol. The minimum atomic E-state index is -5.72. The molecule has 1 atom stereocenters. The first-order valence-corrected chi connectivity index (χ1v) is 7.40. The van der Waals surface area contributed by atoms with Crippen molar-refractivity contribution in [2.45, 2.75) is 29.4 Å². The van der Waals surface area contributed by atoms with Crippen molar-refractivity contribution in [3.63, 3.8) is 0 Å². The van der Waals surface area contributed by atoms with E-state index in [0.29, 0.717) is 5.69 Å². The Morgan fingerprint density at radius 3 is 2.12 bits per heavy atom. The van der Waals surface area contributed by atoms with E-state index < -0.39 is 39.8 Å². The number of benzene rings is 1. The fourth-order valence-corrected chi connectivity index (χ4v) is 3.00. The first kappa shape index (κ1) is 18.5. The molecule has 0 saturated carbocycles. The van der Waals surface area contributed by atoms with Crippen molar-refractivity contribution in [3.05, 3.63) is 46.4 Å². The van der Waals surface area contributed by atoms with Crippen LogP contribution in [0.2, 0.25) is 0 Å². The van der Waals surface area contributed by atoms with Gasteiger partial charge in [-0.15, -0.1) is 0 Å². The number of hydrogen-bond donors (Lipinski definition) is 0. The highest BCUT2D eigenvalue weighted by atomic mass is 32.2. The minimum absolute atomic E-state index is 0.00269. The average molecular weight is 370 g/mol. The van der Waals surface area contributed by atoms with Crippen LogP contribution in [0.1, 0.15) is 5.69 Å². The number of rotatable bonds is 4. The Hall–Kier alpha value is -1.84. The van der Waals surface area contributed by atoms with Crippen LogP contribution in [-0.4, -0.2) is 27.0 Å². The molecule has 0 aliphatic heterocycles. The number of halogens is 6. The Kier molecular flexibility index (Phi) is 4.80. The van der Waals surface area contributed by atoms with Crippen LogP contribution in [0.5, 0.6) is 0 Å². The van der Waals surface area contributed by atoms with Crippen molar-refractivity contribution in [1.29, 1.82) is 0 Å². The Labute approximate surface area is 136 Å². The smallest absolute Gasteiger partial charge is 0.284 e. The lowest BCUT2D eigenvalue weighted by Gasteiger charge is -2.21. The highest BCUT2D eigenvalue weighted by Gasteiger charge is 2.58. The first-order chi connectivity index (χ1) is 11.0. The van der Waals surface area contributed by atoms with Crippen LogP contribution in [-0.2, 0) is 7.05 Å². The third-order valence-electron chi connectivity index (χ3n) is 3.32. The van der Waals surface area contributed by atoms with Crippen molar-refractivity contribution in [2.24, 2.45) is 7.05 Å². The van der Waals surface area contributed by atoms with E-state index in [1.54, 1.807) is 18.2 Å². The quantitative estimate of drug-likeness (QED) is 0.599. The van der Waals surface area contributed by atoms with Gasteiger partial charge in [-0.05, 0) is 30.8 Å². The van der Waals surface area contributed by atoms with Crippen LogP contribution < -0.4 is 5.56 Å². The highest BCUT2D eigenvalue weighted by Crippen LogP contribution is 2.45. The van der Waals surface area contributed by atoms with Gasteiger partial charge in [0, 0.05) is 7.05 Å². The van der Waals surface area contributed by atoms with Gasteiger partial charge in [-0.25, -0.2) is 9.07 Å². The maximum Gasteiger partial charge on any atom is 0.426 e. The summed E-state index contributed by atoms with van der Waals surface area (Å²) in [5.41, 5.74) is -0.598. The Morgan fingerprint density at radius 2 is 1.62 bits per heavy atom. The summed E-state index contributed by atoms with van der Waals surface area (Å²) in [7, 11) is 1.39. The summed E-state index contributed by atoms with van der Waals surface area (Å²) < 4.78 is 79.2. The summed E-state index contributed by atoms with van der Waals surface area (Å²) in [5, 5.41) is -4.82. The van der Waals surface area contributed by atoms with E-state index in [4.69, 9.17) is 0 Å². The Balaban J connectivity index is 2.49. The van der Waals surface area contributed by atoms with Gasteiger partial charge >= 0.3 is 11.4 Å². The lowest BCUT2D eigenvalue weighted by atomic mass is 10.3. The van der Waals surface area contributed by atoms with E-state index >= 15 is 0 Å². The summed E-state index contributed by atoms with van der Waals surface area (Å²) in [6, 6.07) is 7.94. The van der Waals surface area contributed by atoms with Crippen LogP contribution in [0, 0.1) is 6.92 Å². The molecule has 132 valence electrons. The molecular formula is C14H12F6N2OS. The van der Waals surface area contributed by atoms with E-state index in [2.05, 4.69) is 0 Å². The number of thioether (sulfide) groups is 1. The van der Waals surface area contributed by atoms with Gasteiger partial charge in [-0.2, -0.15) is 22.0 Å². The maximum absolute atomic E-state index is 13.6. The summed E-state index contributed by atoms with van der Waals surface area (Å²) in [4.78, 5) is 11.7. The van der Waals surface area contributed by atoms with Crippen molar-refractivity contribution in [3.8, 4) is 5.69 Å². The zero-order chi connectivity index (χ0) is 18.3. The second-order valence-electron chi connectivity index (χ2n) is 4.96. The molecule has 1 aromatic heterocycles. The lowest BCUT2D eigenvalue weighted by molar-refractivity contribution is -0.219. The summed E-state index contributed by atoms with van der Waals surface area (Å²) >= 11 is -0.719. The molecule has 1 heterocycles. The van der Waals surface area contributed by atoms with E-state index in [1.807, 2.05) is 0 Å². The highest BCUT2D eigenvalue weighted by molar-refractivity contribution is 8.00. The molecule has 2 aromatic rings. The van der Waals surface area contributed by atoms with Gasteiger partial charge in [0.25, 0.3) is 11.7 Å². The van der Waals surface area contributed by atoms with Crippen LogP contribution in [0.15, 0.2) is 40.0 Å². The van der Waals surface area contributed by atoms with Crippen molar-refractivity contribution >= 4 is 11.8 Å².